The maximum absolute atomic E-state index is 10.6. The molecule has 1 atom stereocenters. The predicted molar refractivity (Wildman–Crippen MR) is 45.9 cm³/mol. The summed E-state index contributed by atoms with van der Waals surface area (Å²) in [6.07, 6.45) is -0.172. The number of carbonyl (C=O) groups is 1. The third-order valence-electron chi connectivity index (χ3n) is 1.02. The van der Waals surface area contributed by atoms with Gasteiger partial charge in [0.25, 0.3) is 0 Å². The van der Waals surface area contributed by atoms with Crippen LogP contribution in [0.25, 0.3) is 0 Å². The van der Waals surface area contributed by atoms with E-state index in [4.69, 9.17) is 9.47 Å². The molecule has 0 heterocycles. The normalized spacial score (nSPS) is 12.6. The predicted octanol–water partition coefficient (Wildman–Crippen LogP) is 0.884. The Balaban J connectivity index is 3.35. The molecule has 0 saturated carbocycles. The van der Waals surface area contributed by atoms with Crippen molar-refractivity contribution in [3.8, 4) is 0 Å². The van der Waals surface area contributed by atoms with Crippen LogP contribution in [0.5, 0.6) is 0 Å². The second-order valence-electron chi connectivity index (χ2n) is 2.12. The van der Waals surface area contributed by atoms with Gasteiger partial charge in [0.2, 0.25) is 0 Å². The van der Waals surface area contributed by atoms with Gasteiger partial charge in [0.05, 0.1) is 12.4 Å². The van der Waals surface area contributed by atoms with Gasteiger partial charge in [0, 0.05) is 6.61 Å². The topological polar surface area (TPSA) is 35.5 Å². The fraction of sp³-hybridized carbons (Fsp3) is 0.857. The molecule has 66 valence electrons. The van der Waals surface area contributed by atoms with Crippen molar-refractivity contribution in [2.24, 2.45) is 0 Å². The number of esters is 1. The minimum absolute atomic E-state index is 0.121. The van der Waals surface area contributed by atoms with Crippen LogP contribution in [-0.4, -0.2) is 31.0 Å². The lowest BCUT2D eigenvalue weighted by atomic mass is 10.4. The summed E-state index contributed by atoms with van der Waals surface area (Å²) in [7, 11) is 0. The highest BCUT2D eigenvalue weighted by Crippen LogP contribution is 1.93. The average Bonchev–Trinajstić information content (AvgIpc) is 2.00. The summed E-state index contributed by atoms with van der Waals surface area (Å²) in [6, 6.07) is 0. The molecule has 0 aliphatic heterocycles. The van der Waals surface area contributed by atoms with E-state index in [1.54, 1.807) is 6.92 Å². The van der Waals surface area contributed by atoms with E-state index < -0.39 is 0 Å². The summed E-state index contributed by atoms with van der Waals surface area (Å²) in [5.74, 6) is -0.184. The maximum Gasteiger partial charge on any atom is 0.315 e. The smallest absolute Gasteiger partial charge is 0.315 e. The van der Waals surface area contributed by atoms with Gasteiger partial charge in [0.1, 0.15) is 6.10 Å². The Hall–Kier alpha value is -0.220. The first-order valence-electron chi connectivity index (χ1n) is 3.58. The zero-order valence-electron chi connectivity index (χ0n) is 6.87. The number of hydrogen-bond donors (Lipinski definition) is 1. The van der Waals surface area contributed by atoms with Gasteiger partial charge in [0.15, 0.2) is 0 Å². The van der Waals surface area contributed by atoms with Gasteiger partial charge < -0.3 is 9.47 Å². The molecule has 11 heavy (non-hydrogen) atoms. The van der Waals surface area contributed by atoms with Crippen molar-refractivity contribution in [3.63, 3.8) is 0 Å². The fourth-order valence-corrected chi connectivity index (χ4v) is 0.654. The van der Waals surface area contributed by atoms with Crippen LogP contribution in [0.3, 0.4) is 0 Å². The van der Waals surface area contributed by atoms with Gasteiger partial charge in [-0.1, -0.05) is 0 Å². The maximum atomic E-state index is 10.6. The highest BCUT2D eigenvalue weighted by atomic mass is 32.1. The molecule has 0 radical (unpaired) electrons. The van der Waals surface area contributed by atoms with Crippen molar-refractivity contribution >= 4 is 18.6 Å². The first kappa shape index (κ1) is 10.8. The molecule has 0 fully saturated rings. The van der Waals surface area contributed by atoms with Gasteiger partial charge >= 0.3 is 5.97 Å². The lowest BCUT2D eigenvalue weighted by molar-refractivity contribution is -0.147. The van der Waals surface area contributed by atoms with Gasteiger partial charge in [-0.05, 0) is 13.8 Å². The van der Waals surface area contributed by atoms with Crippen molar-refractivity contribution in [1.29, 1.82) is 0 Å². The van der Waals surface area contributed by atoms with Gasteiger partial charge in [-0.15, -0.1) is 0 Å². The third kappa shape index (κ3) is 6.19. The van der Waals surface area contributed by atoms with E-state index in [0.29, 0.717) is 13.2 Å². The Bertz CT molecular complexity index is 116. The molecule has 0 spiro atoms. The molecule has 0 aliphatic carbocycles. The molecule has 0 rings (SSSR count). The minimum Gasteiger partial charge on any atom is -0.460 e. The van der Waals surface area contributed by atoms with Crippen molar-refractivity contribution in [1.82, 2.24) is 0 Å². The number of ether oxygens (including phenoxy) is 2. The van der Waals surface area contributed by atoms with Crippen LogP contribution in [0.2, 0.25) is 0 Å². The van der Waals surface area contributed by atoms with Crippen LogP contribution in [0.15, 0.2) is 0 Å². The molecule has 0 N–H and O–H groups in total. The lowest BCUT2D eigenvalue weighted by Crippen LogP contribution is -2.20. The monoisotopic (exact) mass is 178 g/mol. The number of carbonyl (C=O) groups excluding carboxylic acids is 1. The van der Waals surface area contributed by atoms with Crippen LogP contribution in [0.4, 0.5) is 0 Å². The highest BCUT2D eigenvalue weighted by molar-refractivity contribution is 7.81. The van der Waals surface area contributed by atoms with Crippen LogP contribution in [0.1, 0.15) is 13.8 Å². The van der Waals surface area contributed by atoms with Crippen LogP contribution in [-0.2, 0) is 14.3 Å². The number of thiol groups is 1. The average molecular weight is 178 g/mol. The number of rotatable bonds is 5. The van der Waals surface area contributed by atoms with Crippen molar-refractivity contribution in [2.75, 3.05) is 19.0 Å². The highest BCUT2D eigenvalue weighted by Gasteiger charge is 2.06. The second-order valence-corrected chi connectivity index (χ2v) is 2.43. The number of hydrogen-bond acceptors (Lipinski definition) is 4. The summed E-state index contributed by atoms with van der Waals surface area (Å²) < 4.78 is 9.90. The summed E-state index contributed by atoms with van der Waals surface area (Å²) in [5.41, 5.74) is 0. The Kier molecular flexibility index (Phi) is 6.36. The quantitative estimate of drug-likeness (QED) is 0.501. The fourth-order valence-electron chi connectivity index (χ4n) is 0.579. The first-order chi connectivity index (χ1) is 5.20. The SMILES string of the molecule is CCOCC(C)OC(=O)CS. The molecule has 0 bridgehead atoms. The second kappa shape index (κ2) is 6.49. The van der Waals surface area contributed by atoms with E-state index >= 15 is 0 Å². The van der Waals surface area contributed by atoms with E-state index in [0.717, 1.165) is 0 Å². The van der Waals surface area contributed by atoms with E-state index in [1.807, 2.05) is 6.92 Å². The van der Waals surface area contributed by atoms with E-state index in [-0.39, 0.29) is 17.8 Å². The molecule has 0 aromatic carbocycles. The van der Waals surface area contributed by atoms with Crippen molar-refractivity contribution < 1.29 is 14.3 Å². The van der Waals surface area contributed by atoms with E-state index in [9.17, 15) is 4.79 Å². The van der Waals surface area contributed by atoms with Crippen molar-refractivity contribution in [2.45, 2.75) is 20.0 Å². The zero-order chi connectivity index (χ0) is 8.69. The minimum atomic E-state index is -0.305. The summed E-state index contributed by atoms with van der Waals surface area (Å²) in [5, 5.41) is 0. The third-order valence-corrected chi connectivity index (χ3v) is 1.28. The Morgan fingerprint density at radius 1 is 1.64 bits per heavy atom. The first-order valence-corrected chi connectivity index (χ1v) is 4.22. The molecule has 0 saturated heterocycles. The molecular formula is C7H14O3S. The largest absolute Gasteiger partial charge is 0.460 e. The lowest BCUT2D eigenvalue weighted by Gasteiger charge is -2.11. The summed E-state index contributed by atoms with van der Waals surface area (Å²) >= 11 is 3.77. The Morgan fingerprint density at radius 3 is 2.73 bits per heavy atom. The molecular weight excluding hydrogens is 164 g/mol. The standard InChI is InChI=1S/C7H14O3S/c1-3-9-4-6(2)10-7(8)5-11/h6,11H,3-5H2,1-2H3. The molecule has 0 aliphatic rings. The zero-order valence-corrected chi connectivity index (χ0v) is 7.77. The van der Waals surface area contributed by atoms with E-state index in [2.05, 4.69) is 12.6 Å². The molecule has 3 nitrogen and oxygen atoms in total. The van der Waals surface area contributed by atoms with Crippen LogP contribution < -0.4 is 0 Å². The van der Waals surface area contributed by atoms with Gasteiger partial charge in [-0.25, -0.2) is 0 Å². The molecule has 1 unspecified atom stereocenters. The van der Waals surface area contributed by atoms with E-state index in [1.165, 1.54) is 0 Å². The molecule has 0 aromatic rings. The van der Waals surface area contributed by atoms with Gasteiger partial charge in [-0.3, -0.25) is 4.79 Å². The molecule has 0 aromatic heterocycles. The van der Waals surface area contributed by atoms with Gasteiger partial charge in [-0.2, -0.15) is 12.6 Å². The molecule has 0 amide bonds. The Morgan fingerprint density at radius 2 is 2.27 bits per heavy atom. The molecule has 4 heteroatoms. The van der Waals surface area contributed by atoms with Crippen LogP contribution in [0, 0.1) is 0 Å². The van der Waals surface area contributed by atoms with Crippen molar-refractivity contribution in [3.05, 3.63) is 0 Å². The summed E-state index contributed by atoms with van der Waals surface area (Å²) in [6.45, 7) is 4.78. The summed E-state index contributed by atoms with van der Waals surface area (Å²) in [4.78, 5) is 10.6. The Labute approximate surface area is 72.5 Å². The van der Waals surface area contributed by atoms with Crippen LogP contribution >= 0.6 is 12.6 Å².